The molecule has 1 saturated heterocycles. The largest absolute Gasteiger partial charge is 0.316 e. The van der Waals surface area contributed by atoms with E-state index in [2.05, 4.69) is 9.97 Å². The summed E-state index contributed by atoms with van der Waals surface area (Å²) in [6.07, 6.45) is 2.36. The fourth-order valence-electron chi connectivity index (χ4n) is 3.35. The lowest BCUT2D eigenvalue weighted by molar-refractivity contribution is 0.470. The lowest BCUT2D eigenvalue weighted by Gasteiger charge is -2.17. The van der Waals surface area contributed by atoms with Crippen LogP contribution in [0.3, 0.4) is 0 Å². The molecular formula is C17H16ClFN4O2S. The van der Waals surface area contributed by atoms with Crippen LogP contribution in [0.15, 0.2) is 41.4 Å². The van der Waals surface area contributed by atoms with Gasteiger partial charge in [-0.25, -0.2) is 22.8 Å². The molecule has 0 spiro atoms. The molecule has 1 atom stereocenters. The van der Waals surface area contributed by atoms with Crippen molar-refractivity contribution in [3.8, 4) is 0 Å². The first-order valence-electron chi connectivity index (χ1n) is 8.10. The maximum atomic E-state index is 13.3. The highest BCUT2D eigenvalue weighted by Gasteiger charge is 2.35. The Morgan fingerprint density at radius 2 is 2.12 bits per heavy atom. The second-order valence-corrected chi connectivity index (χ2v) is 8.64. The van der Waals surface area contributed by atoms with Gasteiger partial charge in [0.25, 0.3) is 0 Å². The van der Waals surface area contributed by atoms with Crippen molar-refractivity contribution >= 4 is 32.8 Å². The first-order valence-corrected chi connectivity index (χ1v) is 9.92. The maximum absolute atomic E-state index is 13.3. The van der Waals surface area contributed by atoms with Gasteiger partial charge in [0.15, 0.2) is 5.65 Å². The number of fused-ring (bicyclic) bond motifs is 1. The monoisotopic (exact) mass is 394 g/mol. The summed E-state index contributed by atoms with van der Waals surface area (Å²) in [6.45, 7) is 0.688. The average molecular weight is 395 g/mol. The minimum absolute atomic E-state index is 0.00350. The summed E-state index contributed by atoms with van der Waals surface area (Å²) < 4.78 is 42.3. The molecule has 3 heterocycles. The highest BCUT2D eigenvalue weighted by atomic mass is 35.5. The van der Waals surface area contributed by atoms with E-state index in [0.29, 0.717) is 19.5 Å². The van der Waals surface area contributed by atoms with Crippen LogP contribution < -0.4 is 0 Å². The Morgan fingerprint density at radius 3 is 2.85 bits per heavy atom. The summed E-state index contributed by atoms with van der Waals surface area (Å²) >= 11 is 5.74. The molecule has 6 nitrogen and oxygen atoms in total. The molecule has 26 heavy (non-hydrogen) atoms. The molecule has 0 radical (unpaired) electrons. The molecule has 0 amide bonds. The lowest BCUT2D eigenvalue weighted by Crippen LogP contribution is -2.29. The van der Waals surface area contributed by atoms with Crippen molar-refractivity contribution in [3.63, 3.8) is 0 Å². The van der Waals surface area contributed by atoms with Crippen molar-refractivity contribution in [3.05, 3.63) is 53.2 Å². The second-order valence-electron chi connectivity index (χ2n) is 6.30. The summed E-state index contributed by atoms with van der Waals surface area (Å²) in [5, 5.41) is -0.205. The molecule has 136 valence electrons. The highest BCUT2D eigenvalue weighted by Crippen LogP contribution is 2.32. The Labute approximate surface area is 155 Å². The Hall–Kier alpha value is -2.03. The second kappa shape index (κ2) is 6.29. The van der Waals surface area contributed by atoms with E-state index >= 15 is 0 Å². The molecule has 0 saturated carbocycles. The van der Waals surface area contributed by atoms with Crippen LogP contribution in [0.1, 0.15) is 18.2 Å². The molecule has 9 heteroatoms. The SMILES string of the molecule is Cn1c([C@H]2CCN(S(=O)(=O)c3ccc(F)c(Cl)c3)C2)nc2cccnc21. The van der Waals surface area contributed by atoms with E-state index in [0.717, 1.165) is 29.1 Å². The van der Waals surface area contributed by atoms with Gasteiger partial charge >= 0.3 is 0 Å². The van der Waals surface area contributed by atoms with Gasteiger partial charge in [-0.3, -0.25) is 0 Å². The number of pyridine rings is 1. The molecule has 0 N–H and O–H groups in total. The van der Waals surface area contributed by atoms with E-state index in [-0.39, 0.29) is 15.8 Å². The molecule has 1 aromatic carbocycles. The van der Waals surface area contributed by atoms with Crippen molar-refractivity contribution < 1.29 is 12.8 Å². The normalized spacial score (nSPS) is 18.7. The number of rotatable bonds is 3. The van der Waals surface area contributed by atoms with E-state index in [9.17, 15) is 12.8 Å². The Balaban J connectivity index is 1.63. The smallest absolute Gasteiger partial charge is 0.243 e. The molecule has 1 aliphatic rings. The van der Waals surface area contributed by atoms with E-state index in [4.69, 9.17) is 11.6 Å². The third-order valence-corrected chi connectivity index (χ3v) is 6.86. The van der Waals surface area contributed by atoms with Gasteiger partial charge < -0.3 is 4.57 Å². The van der Waals surface area contributed by atoms with Crippen LogP contribution in [0.25, 0.3) is 11.2 Å². The zero-order chi connectivity index (χ0) is 18.5. The molecule has 1 fully saturated rings. The van der Waals surface area contributed by atoms with Gasteiger partial charge in [-0.1, -0.05) is 11.6 Å². The number of hydrogen-bond acceptors (Lipinski definition) is 4. The van der Waals surface area contributed by atoms with Crippen molar-refractivity contribution in [1.82, 2.24) is 18.8 Å². The Bertz CT molecular complexity index is 1100. The van der Waals surface area contributed by atoms with Gasteiger partial charge in [0.2, 0.25) is 10.0 Å². The van der Waals surface area contributed by atoms with Crippen LogP contribution >= 0.6 is 11.6 Å². The quantitative estimate of drug-likeness (QED) is 0.685. The van der Waals surface area contributed by atoms with Crippen LogP contribution in [-0.4, -0.2) is 40.3 Å². The van der Waals surface area contributed by atoms with Gasteiger partial charge in [0.1, 0.15) is 17.2 Å². The third kappa shape index (κ3) is 2.78. The number of aryl methyl sites for hydroxylation is 1. The number of hydrogen-bond donors (Lipinski definition) is 0. The van der Waals surface area contributed by atoms with Gasteiger partial charge in [0, 0.05) is 32.3 Å². The number of halogens is 2. The maximum Gasteiger partial charge on any atom is 0.243 e. The molecule has 0 aliphatic carbocycles. The van der Waals surface area contributed by atoms with Crippen molar-refractivity contribution in [2.75, 3.05) is 13.1 Å². The summed E-state index contributed by atoms with van der Waals surface area (Å²) in [7, 11) is -1.85. The highest BCUT2D eigenvalue weighted by molar-refractivity contribution is 7.89. The molecule has 3 aromatic rings. The minimum atomic E-state index is -3.73. The number of sulfonamides is 1. The van der Waals surface area contributed by atoms with Crippen molar-refractivity contribution in [2.24, 2.45) is 7.05 Å². The molecule has 4 rings (SSSR count). The van der Waals surface area contributed by atoms with E-state index < -0.39 is 15.8 Å². The first-order chi connectivity index (χ1) is 12.4. The Morgan fingerprint density at radius 1 is 1.31 bits per heavy atom. The van der Waals surface area contributed by atoms with Gasteiger partial charge in [-0.05, 0) is 36.8 Å². The van der Waals surface area contributed by atoms with Gasteiger partial charge in [0.05, 0.1) is 9.92 Å². The zero-order valence-electron chi connectivity index (χ0n) is 13.9. The number of benzene rings is 1. The number of imidazole rings is 1. The molecule has 2 aromatic heterocycles. The van der Waals surface area contributed by atoms with Crippen LogP contribution in [0.4, 0.5) is 4.39 Å². The lowest BCUT2D eigenvalue weighted by atomic mass is 10.1. The molecule has 1 aliphatic heterocycles. The minimum Gasteiger partial charge on any atom is -0.316 e. The Kier molecular flexibility index (Phi) is 4.21. The van der Waals surface area contributed by atoms with E-state index in [1.165, 1.54) is 10.4 Å². The molecule has 0 bridgehead atoms. The predicted octanol–water partition coefficient (Wildman–Crippen LogP) is 2.94. The van der Waals surface area contributed by atoms with E-state index in [1.54, 1.807) is 6.20 Å². The average Bonchev–Trinajstić information content (AvgIpc) is 3.23. The van der Waals surface area contributed by atoms with Crippen molar-refractivity contribution in [2.45, 2.75) is 17.2 Å². The zero-order valence-corrected chi connectivity index (χ0v) is 15.5. The third-order valence-electron chi connectivity index (χ3n) is 4.71. The van der Waals surface area contributed by atoms with Gasteiger partial charge in [-0.15, -0.1) is 0 Å². The predicted molar refractivity (Wildman–Crippen MR) is 96.0 cm³/mol. The fourth-order valence-corrected chi connectivity index (χ4v) is 5.12. The summed E-state index contributed by atoms with van der Waals surface area (Å²) in [5.74, 6) is 0.144. The standard InChI is InChI=1S/C17H16ClFN4O2S/c1-22-16(21-15-3-2-7-20-17(15)22)11-6-8-23(10-11)26(24,25)12-4-5-14(19)13(18)9-12/h2-5,7,9,11H,6,8,10H2,1H3/t11-/m0/s1. The summed E-state index contributed by atoms with van der Waals surface area (Å²) in [4.78, 5) is 8.94. The molecular weight excluding hydrogens is 379 g/mol. The summed E-state index contributed by atoms with van der Waals surface area (Å²) in [5.41, 5.74) is 1.56. The van der Waals surface area contributed by atoms with E-state index in [1.807, 2.05) is 23.7 Å². The topological polar surface area (TPSA) is 68.1 Å². The molecule has 0 unspecified atom stereocenters. The summed E-state index contributed by atoms with van der Waals surface area (Å²) in [6, 6.07) is 7.17. The van der Waals surface area contributed by atoms with Crippen LogP contribution in [0, 0.1) is 5.82 Å². The van der Waals surface area contributed by atoms with Crippen molar-refractivity contribution in [1.29, 1.82) is 0 Å². The van der Waals surface area contributed by atoms with Crippen LogP contribution in [0.2, 0.25) is 5.02 Å². The number of nitrogens with zero attached hydrogens (tertiary/aromatic N) is 4. The van der Waals surface area contributed by atoms with Crippen LogP contribution in [-0.2, 0) is 17.1 Å². The fraction of sp³-hybridized carbons (Fsp3) is 0.294. The first kappa shape index (κ1) is 17.4. The van der Waals surface area contributed by atoms with Gasteiger partial charge in [-0.2, -0.15) is 4.31 Å². The number of aromatic nitrogens is 3. The van der Waals surface area contributed by atoms with Crippen LogP contribution in [0.5, 0.6) is 0 Å².